The van der Waals surface area contributed by atoms with Crippen LogP contribution in [-0.2, 0) is 6.54 Å². The summed E-state index contributed by atoms with van der Waals surface area (Å²) in [6.45, 7) is 3.15. The Kier molecular flexibility index (Phi) is 3.73. The lowest BCUT2D eigenvalue weighted by molar-refractivity contribution is 0.340. The van der Waals surface area contributed by atoms with Crippen molar-refractivity contribution in [2.45, 2.75) is 13.5 Å². The third-order valence-electron chi connectivity index (χ3n) is 2.51. The Morgan fingerprint density at radius 1 is 1.18 bits per heavy atom. The Bertz CT molecular complexity index is 497. The van der Waals surface area contributed by atoms with Gasteiger partial charge in [-0.3, -0.25) is 4.98 Å². The molecule has 2 N–H and O–H groups in total. The summed E-state index contributed by atoms with van der Waals surface area (Å²) in [5.74, 6) is 0.878. The van der Waals surface area contributed by atoms with Gasteiger partial charge < -0.3 is 10.5 Å². The topological polar surface area (TPSA) is 48.1 Å². The first-order chi connectivity index (χ1) is 8.33. The lowest BCUT2D eigenvalue weighted by Gasteiger charge is -2.07. The summed E-state index contributed by atoms with van der Waals surface area (Å²) in [6, 6.07) is 10.0. The SMILES string of the molecule is CCOc1cccc(-c2cncc(CN)c2)c1. The van der Waals surface area contributed by atoms with Crippen LogP contribution in [0.2, 0.25) is 0 Å². The molecule has 1 aromatic heterocycles. The molecule has 0 atom stereocenters. The summed E-state index contributed by atoms with van der Waals surface area (Å²) in [5, 5.41) is 0. The van der Waals surface area contributed by atoms with Crippen molar-refractivity contribution in [1.82, 2.24) is 4.98 Å². The van der Waals surface area contributed by atoms with Gasteiger partial charge in [-0.25, -0.2) is 0 Å². The Morgan fingerprint density at radius 3 is 2.82 bits per heavy atom. The molecule has 2 aromatic rings. The molecule has 1 heterocycles. The van der Waals surface area contributed by atoms with Crippen LogP contribution in [0.3, 0.4) is 0 Å². The summed E-state index contributed by atoms with van der Waals surface area (Å²) in [5.41, 5.74) is 8.80. The second-order valence-corrected chi connectivity index (χ2v) is 3.75. The van der Waals surface area contributed by atoms with Gasteiger partial charge in [0.15, 0.2) is 0 Å². The van der Waals surface area contributed by atoms with Crippen molar-refractivity contribution in [3.8, 4) is 16.9 Å². The van der Waals surface area contributed by atoms with E-state index in [2.05, 4.69) is 11.1 Å². The Labute approximate surface area is 101 Å². The highest BCUT2D eigenvalue weighted by molar-refractivity contribution is 5.64. The second kappa shape index (κ2) is 5.46. The number of rotatable bonds is 4. The van der Waals surface area contributed by atoms with Gasteiger partial charge in [-0.2, -0.15) is 0 Å². The fourth-order valence-electron chi connectivity index (χ4n) is 1.69. The van der Waals surface area contributed by atoms with E-state index in [1.807, 2.05) is 37.4 Å². The predicted octanol–water partition coefficient (Wildman–Crippen LogP) is 2.61. The van der Waals surface area contributed by atoms with E-state index in [9.17, 15) is 0 Å². The number of pyridine rings is 1. The standard InChI is InChI=1S/C14H16N2O/c1-2-17-14-5-3-4-12(7-14)13-6-11(8-15)9-16-10-13/h3-7,9-10H,2,8,15H2,1H3. The number of ether oxygens (including phenoxy) is 1. The van der Waals surface area contributed by atoms with Crippen molar-refractivity contribution >= 4 is 0 Å². The van der Waals surface area contributed by atoms with Crippen molar-refractivity contribution in [1.29, 1.82) is 0 Å². The van der Waals surface area contributed by atoms with Gasteiger partial charge in [-0.15, -0.1) is 0 Å². The third-order valence-corrected chi connectivity index (χ3v) is 2.51. The average molecular weight is 228 g/mol. The molecule has 0 unspecified atom stereocenters. The van der Waals surface area contributed by atoms with Crippen molar-refractivity contribution < 1.29 is 4.74 Å². The molecule has 0 radical (unpaired) electrons. The van der Waals surface area contributed by atoms with E-state index in [1.165, 1.54) is 0 Å². The summed E-state index contributed by atoms with van der Waals surface area (Å²) >= 11 is 0. The first-order valence-corrected chi connectivity index (χ1v) is 5.70. The van der Waals surface area contributed by atoms with Crippen LogP contribution < -0.4 is 10.5 Å². The molecular weight excluding hydrogens is 212 g/mol. The first kappa shape index (κ1) is 11.6. The normalized spacial score (nSPS) is 10.2. The zero-order valence-electron chi connectivity index (χ0n) is 9.89. The number of hydrogen-bond donors (Lipinski definition) is 1. The lowest BCUT2D eigenvalue weighted by atomic mass is 10.1. The minimum Gasteiger partial charge on any atom is -0.494 e. The lowest BCUT2D eigenvalue weighted by Crippen LogP contribution is -1.97. The van der Waals surface area contributed by atoms with Crippen LogP contribution in [0.1, 0.15) is 12.5 Å². The van der Waals surface area contributed by atoms with Crippen molar-refractivity contribution in [3.05, 3.63) is 48.3 Å². The molecule has 3 nitrogen and oxygen atoms in total. The number of aromatic nitrogens is 1. The van der Waals surface area contributed by atoms with E-state index in [1.54, 1.807) is 6.20 Å². The summed E-state index contributed by atoms with van der Waals surface area (Å²) in [6.07, 6.45) is 3.63. The van der Waals surface area contributed by atoms with Gasteiger partial charge >= 0.3 is 0 Å². The molecule has 2 rings (SSSR count). The maximum atomic E-state index is 5.61. The van der Waals surface area contributed by atoms with Crippen molar-refractivity contribution in [2.24, 2.45) is 5.73 Å². The first-order valence-electron chi connectivity index (χ1n) is 5.70. The smallest absolute Gasteiger partial charge is 0.119 e. The van der Waals surface area contributed by atoms with E-state index in [0.29, 0.717) is 13.2 Å². The number of hydrogen-bond acceptors (Lipinski definition) is 3. The van der Waals surface area contributed by atoms with E-state index in [-0.39, 0.29) is 0 Å². The quantitative estimate of drug-likeness (QED) is 0.875. The van der Waals surface area contributed by atoms with Crippen LogP contribution in [-0.4, -0.2) is 11.6 Å². The molecular formula is C14H16N2O. The zero-order valence-corrected chi connectivity index (χ0v) is 9.89. The summed E-state index contributed by atoms with van der Waals surface area (Å²) in [7, 11) is 0. The summed E-state index contributed by atoms with van der Waals surface area (Å²) < 4.78 is 5.48. The molecule has 0 saturated carbocycles. The van der Waals surface area contributed by atoms with Crippen LogP contribution in [0.4, 0.5) is 0 Å². The molecule has 1 aromatic carbocycles. The molecule has 0 aliphatic heterocycles. The van der Waals surface area contributed by atoms with Gasteiger partial charge in [-0.1, -0.05) is 12.1 Å². The molecule has 0 bridgehead atoms. The highest BCUT2D eigenvalue weighted by atomic mass is 16.5. The fraction of sp³-hybridized carbons (Fsp3) is 0.214. The number of nitrogens with zero attached hydrogens (tertiary/aromatic N) is 1. The number of benzene rings is 1. The van der Waals surface area contributed by atoms with Gasteiger partial charge in [0.2, 0.25) is 0 Å². The van der Waals surface area contributed by atoms with E-state index < -0.39 is 0 Å². The minimum absolute atomic E-state index is 0.506. The van der Waals surface area contributed by atoms with Gasteiger partial charge in [-0.05, 0) is 36.2 Å². The van der Waals surface area contributed by atoms with Gasteiger partial charge in [0.05, 0.1) is 6.61 Å². The average Bonchev–Trinajstić information content (AvgIpc) is 2.40. The van der Waals surface area contributed by atoms with Gasteiger partial charge in [0.1, 0.15) is 5.75 Å². The largest absolute Gasteiger partial charge is 0.494 e. The maximum absolute atomic E-state index is 5.61. The second-order valence-electron chi connectivity index (χ2n) is 3.75. The molecule has 17 heavy (non-hydrogen) atoms. The van der Waals surface area contributed by atoms with Crippen LogP contribution in [0.15, 0.2) is 42.7 Å². The fourth-order valence-corrected chi connectivity index (χ4v) is 1.69. The molecule has 0 amide bonds. The zero-order chi connectivity index (χ0) is 12.1. The minimum atomic E-state index is 0.506. The van der Waals surface area contributed by atoms with E-state index in [4.69, 9.17) is 10.5 Å². The van der Waals surface area contributed by atoms with Crippen molar-refractivity contribution in [3.63, 3.8) is 0 Å². The van der Waals surface area contributed by atoms with Crippen LogP contribution in [0.5, 0.6) is 5.75 Å². The molecule has 0 saturated heterocycles. The van der Waals surface area contributed by atoms with Gasteiger partial charge in [0, 0.05) is 24.5 Å². The molecule has 0 aliphatic rings. The third kappa shape index (κ3) is 2.82. The van der Waals surface area contributed by atoms with Crippen LogP contribution in [0.25, 0.3) is 11.1 Å². The van der Waals surface area contributed by atoms with Crippen LogP contribution >= 0.6 is 0 Å². The molecule has 3 heteroatoms. The number of nitrogens with two attached hydrogens (primary N) is 1. The highest BCUT2D eigenvalue weighted by Crippen LogP contribution is 2.23. The Balaban J connectivity index is 2.34. The van der Waals surface area contributed by atoms with Gasteiger partial charge in [0.25, 0.3) is 0 Å². The van der Waals surface area contributed by atoms with E-state index in [0.717, 1.165) is 22.4 Å². The maximum Gasteiger partial charge on any atom is 0.119 e. The Hall–Kier alpha value is -1.87. The van der Waals surface area contributed by atoms with Crippen molar-refractivity contribution in [2.75, 3.05) is 6.61 Å². The summed E-state index contributed by atoms with van der Waals surface area (Å²) in [4.78, 5) is 4.19. The molecule has 88 valence electrons. The monoisotopic (exact) mass is 228 g/mol. The van der Waals surface area contributed by atoms with Crippen LogP contribution in [0, 0.1) is 0 Å². The molecule has 0 spiro atoms. The molecule has 0 fully saturated rings. The highest BCUT2D eigenvalue weighted by Gasteiger charge is 2.01. The predicted molar refractivity (Wildman–Crippen MR) is 68.7 cm³/mol. The Morgan fingerprint density at radius 2 is 2.06 bits per heavy atom. The molecule has 0 aliphatic carbocycles. The van der Waals surface area contributed by atoms with E-state index >= 15 is 0 Å².